The Hall–Kier alpha value is -0.440. The Balaban J connectivity index is -0.0000000654. The van der Waals surface area contributed by atoms with Crippen LogP contribution in [0.3, 0.4) is 0 Å². The molecular formula is C21H48. The molecule has 0 nitrogen and oxygen atoms in total. The third-order valence-electron chi connectivity index (χ3n) is 2.45. The highest BCUT2D eigenvalue weighted by atomic mass is 14.1. The van der Waals surface area contributed by atoms with Gasteiger partial charge >= 0.3 is 0 Å². The van der Waals surface area contributed by atoms with Gasteiger partial charge < -0.3 is 0 Å². The summed E-state index contributed by atoms with van der Waals surface area (Å²) in [5.41, 5.74) is 0. The number of hydrogen-bond donors (Lipinski definition) is 0. The summed E-state index contributed by atoms with van der Waals surface area (Å²) >= 11 is 0. The van der Waals surface area contributed by atoms with Gasteiger partial charge in [0.1, 0.15) is 0 Å². The first kappa shape index (κ1) is 32.5. The molecule has 0 aliphatic carbocycles. The summed E-state index contributed by atoms with van der Waals surface area (Å²) in [6, 6.07) is 0. The van der Waals surface area contributed by atoms with Crippen LogP contribution in [0.15, 0.2) is 0 Å². The van der Waals surface area contributed by atoms with E-state index in [0.29, 0.717) is 5.92 Å². The second-order valence-corrected chi connectivity index (χ2v) is 5.08. The molecule has 0 rings (SSSR count). The van der Waals surface area contributed by atoms with Crippen LogP contribution in [0, 0.1) is 30.1 Å². The van der Waals surface area contributed by atoms with Crippen molar-refractivity contribution in [2.75, 3.05) is 0 Å². The molecule has 0 heteroatoms. The van der Waals surface area contributed by atoms with Gasteiger partial charge in [-0.1, -0.05) is 95.9 Å². The average molecular weight is 301 g/mol. The molecule has 0 spiro atoms. The molecule has 0 saturated carbocycles. The maximum atomic E-state index is 5.36. The fraction of sp³-hybridized carbons (Fsp3) is 0.905. The first-order valence-electron chi connectivity index (χ1n) is 9.43. The molecule has 0 bridgehead atoms. The highest BCUT2D eigenvalue weighted by Crippen LogP contribution is 2.15. The topological polar surface area (TPSA) is 0 Å². The lowest BCUT2D eigenvalue weighted by molar-refractivity contribution is 0.460. The fourth-order valence-corrected chi connectivity index (χ4v) is 1.19. The van der Waals surface area contributed by atoms with Gasteiger partial charge in [0.15, 0.2) is 0 Å². The van der Waals surface area contributed by atoms with E-state index >= 15 is 0 Å². The lowest BCUT2D eigenvalue weighted by Gasteiger charge is -2.10. The van der Waals surface area contributed by atoms with Crippen molar-refractivity contribution in [3.8, 4) is 12.3 Å². The normalized spacial score (nSPS) is 9.38. The first-order valence-corrected chi connectivity index (χ1v) is 9.43. The Morgan fingerprint density at radius 2 is 1.10 bits per heavy atom. The Morgan fingerprint density at radius 1 is 0.762 bits per heavy atom. The van der Waals surface area contributed by atoms with E-state index in [1.54, 1.807) is 0 Å². The smallest absolute Gasteiger partial charge is 0.0202 e. The predicted molar refractivity (Wildman–Crippen MR) is 106 cm³/mol. The van der Waals surface area contributed by atoms with Gasteiger partial charge in [0, 0.05) is 5.92 Å². The van der Waals surface area contributed by atoms with Gasteiger partial charge in [0.05, 0.1) is 0 Å². The van der Waals surface area contributed by atoms with E-state index in [1.165, 1.54) is 25.7 Å². The molecule has 0 aromatic carbocycles. The summed E-state index contributed by atoms with van der Waals surface area (Å²) in [4.78, 5) is 0. The molecule has 0 aromatic rings. The molecule has 1 unspecified atom stereocenters. The van der Waals surface area contributed by atoms with Crippen LogP contribution in [-0.2, 0) is 0 Å². The third kappa shape index (κ3) is 54.1. The van der Waals surface area contributed by atoms with Gasteiger partial charge in [-0.05, 0) is 24.7 Å². The summed E-state index contributed by atoms with van der Waals surface area (Å²) in [5.74, 6) is 4.98. The van der Waals surface area contributed by atoms with Gasteiger partial charge in [0.25, 0.3) is 0 Å². The monoisotopic (exact) mass is 300 g/mol. The van der Waals surface area contributed by atoms with E-state index < -0.39 is 0 Å². The summed E-state index contributed by atoms with van der Waals surface area (Å²) < 4.78 is 0. The minimum absolute atomic E-state index is 0.519. The van der Waals surface area contributed by atoms with Crippen LogP contribution in [0.2, 0.25) is 0 Å². The van der Waals surface area contributed by atoms with Crippen LogP contribution in [0.5, 0.6) is 0 Å². The molecule has 0 fully saturated rings. The molecule has 21 heavy (non-hydrogen) atoms. The zero-order valence-corrected chi connectivity index (χ0v) is 17.6. The van der Waals surface area contributed by atoms with Crippen molar-refractivity contribution in [3.63, 3.8) is 0 Å². The molecule has 0 aromatic heterocycles. The molecule has 0 N–H and O–H groups in total. The summed E-state index contributed by atoms with van der Waals surface area (Å²) in [6.45, 7) is 25.3. The molecule has 0 aliphatic heterocycles. The van der Waals surface area contributed by atoms with E-state index in [9.17, 15) is 0 Å². The number of terminal acetylenes is 1. The lowest BCUT2D eigenvalue weighted by atomic mass is 9.94. The summed E-state index contributed by atoms with van der Waals surface area (Å²) in [7, 11) is 0. The van der Waals surface area contributed by atoms with Crippen LogP contribution in [0.1, 0.15) is 109 Å². The molecule has 1 atom stereocenters. The Bertz CT molecular complexity index is 148. The molecular weight excluding hydrogens is 252 g/mol. The van der Waals surface area contributed by atoms with Crippen molar-refractivity contribution in [2.45, 2.75) is 109 Å². The molecule has 0 amide bonds. The second kappa shape index (κ2) is 36.6. The Morgan fingerprint density at radius 3 is 1.24 bits per heavy atom. The van der Waals surface area contributed by atoms with Crippen molar-refractivity contribution < 1.29 is 0 Å². The second-order valence-electron chi connectivity index (χ2n) is 5.08. The molecule has 0 radical (unpaired) electrons. The Labute approximate surface area is 139 Å². The molecule has 0 heterocycles. The molecule has 132 valence electrons. The van der Waals surface area contributed by atoms with Crippen molar-refractivity contribution in [1.29, 1.82) is 0 Å². The largest absolute Gasteiger partial charge is 0.120 e. The standard InChI is InChI=1S/C10H18.C5H12.3C2H6/c1-5-7-10(6-2)8-9(3)4;1-4-5(2)3;3*1-2/h2,9-10H,5,7-8H2,1,3-4H3;5H,4H2,1-3H3;3*1-2H3. The van der Waals surface area contributed by atoms with Gasteiger partial charge in [-0.2, -0.15) is 0 Å². The van der Waals surface area contributed by atoms with Gasteiger partial charge in [-0.25, -0.2) is 0 Å². The molecule has 0 saturated heterocycles. The van der Waals surface area contributed by atoms with Gasteiger partial charge in [-0.15, -0.1) is 12.3 Å². The Kier molecular flexibility index (Phi) is 56.7. The van der Waals surface area contributed by atoms with Crippen molar-refractivity contribution in [3.05, 3.63) is 0 Å². The SMILES string of the molecule is C#CC(CCC)CC(C)C.CC.CC.CC.CCC(C)C. The zero-order chi connectivity index (χ0) is 18.3. The maximum absolute atomic E-state index is 5.36. The predicted octanol–water partition coefficient (Wildman–Crippen LogP) is 8.21. The van der Waals surface area contributed by atoms with Crippen LogP contribution in [0.4, 0.5) is 0 Å². The van der Waals surface area contributed by atoms with Crippen LogP contribution in [0.25, 0.3) is 0 Å². The van der Waals surface area contributed by atoms with E-state index in [0.717, 1.165) is 11.8 Å². The highest BCUT2D eigenvalue weighted by Gasteiger charge is 2.05. The summed E-state index contributed by atoms with van der Waals surface area (Å²) in [5, 5.41) is 0. The fourth-order valence-electron chi connectivity index (χ4n) is 1.19. The van der Waals surface area contributed by atoms with E-state index in [-0.39, 0.29) is 0 Å². The minimum atomic E-state index is 0.519. The van der Waals surface area contributed by atoms with E-state index in [4.69, 9.17) is 6.42 Å². The average Bonchev–Trinajstić information content (AvgIpc) is 2.53. The van der Waals surface area contributed by atoms with Crippen molar-refractivity contribution >= 4 is 0 Å². The van der Waals surface area contributed by atoms with Crippen LogP contribution >= 0.6 is 0 Å². The highest BCUT2D eigenvalue weighted by molar-refractivity contribution is 4.92. The zero-order valence-electron chi connectivity index (χ0n) is 17.6. The quantitative estimate of drug-likeness (QED) is 0.449. The third-order valence-corrected chi connectivity index (χ3v) is 2.45. The van der Waals surface area contributed by atoms with Crippen LogP contribution < -0.4 is 0 Å². The van der Waals surface area contributed by atoms with Gasteiger partial charge in [-0.3, -0.25) is 0 Å². The summed E-state index contributed by atoms with van der Waals surface area (Å²) in [6.07, 6.45) is 10.2. The first-order chi connectivity index (χ1) is 9.97. The van der Waals surface area contributed by atoms with Crippen molar-refractivity contribution in [1.82, 2.24) is 0 Å². The van der Waals surface area contributed by atoms with E-state index in [2.05, 4.69) is 47.5 Å². The van der Waals surface area contributed by atoms with Gasteiger partial charge in [0.2, 0.25) is 0 Å². The van der Waals surface area contributed by atoms with Crippen LogP contribution in [-0.4, -0.2) is 0 Å². The number of rotatable bonds is 5. The molecule has 0 aliphatic rings. The van der Waals surface area contributed by atoms with E-state index in [1.807, 2.05) is 41.5 Å². The number of hydrogen-bond acceptors (Lipinski definition) is 0. The van der Waals surface area contributed by atoms with Crippen molar-refractivity contribution in [2.24, 2.45) is 17.8 Å². The maximum Gasteiger partial charge on any atom is 0.0202 e. The lowest BCUT2D eigenvalue weighted by Crippen LogP contribution is -2.00. The minimum Gasteiger partial charge on any atom is -0.120 e.